The number of pyridine rings is 1. The minimum atomic E-state index is -0.532. The van der Waals surface area contributed by atoms with Crippen molar-refractivity contribution in [2.45, 2.75) is 64.7 Å². The minimum Gasteiger partial charge on any atom is -0.510 e. The maximum Gasteiger partial charge on any atom is 0.267 e. The van der Waals surface area contributed by atoms with Gasteiger partial charge in [-0.05, 0) is 84.6 Å². The fourth-order valence-corrected chi connectivity index (χ4v) is 10.2. The van der Waals surface area contributed by atoms with E-state index in [1.165, 1.54) is 5.56 Å². The average Bonchev–Trinajstić information content (AvgIpc) is 3.91. The Morgan fingerprint density at radius 2 is 1.29 bits per heavy atom. The van der Waals surface area contributed by atoms with Crippen molar-refractivity contribution in [1.29, 1.82) is 0 Å². The second-order valence-electron chi connectivity index (χ2n) is 19.3. The smallest absolute Gasteiger partial charge is 0.267 e. The Morgan fingerprint density at radius 3 is 2.05 bits per heavy atom. The Labute approximate surface area is 408 Å². The molecular formula is C60H48N4OPt-2. The van der Waals surface area contributed by atoms with E-state index in [0.29, 0.717) is 22.7 Å². The van der Waals surface area contributed by atoms with Crippen LogP contribution in [0.1, 0.15) is 72.1 Å². The number of nitrogens with zero attached hydrogens (tertiary/aromatic N) is 4. The maximum atomic E-state index is 9.23. The van der Waals surface area contributed by atoms with Gasteiger partial charge in [-0.3, -0.25) is 4.57 Å². The standard InChI is InChI=1S/C60H48N4O.Pt/c1-58(2,3)39-32-33-61-54(34-39)64-51-27-16-15-23-46(51)47-30-28-40(35-52(47)64)65-41-29-31-50-53(36-41)62-37-63-55-42(38-18-9-8-10-19-38)25-17-26-48(55)44-21-12-11-20-43(44)45-22-13-14-24-49(45)56(63)57(62)60(6,7)59(50,4)5;/h8-34H,1-7H3;/q-2;/i8D,9D,10D,18D,19D;. The summed E-state index contributed by atoms with van der Waals surface area (Å²) < 4.78 is 57.6. The second kappa shape index (κ2) is 15.1. The number of hydrogen-bond donors (Lipinski definition) is 0. The van der Waals surface area contributed by atoms with Crippen LogP contribution in [0.3, 0.4) is 0 Å². The van der Waals surface area contributed by atoms with E-state index in [1.54, 1.807) is 0 Å². The largest absolute Gasteiger partial charge is 0.510 e. The van der Waals surface area contributed by atoms with Crippen molar-refractivity contribution in [1.82, 2.24) is 14.1 Å². The summed E-state index contributed by atoms with van der Waals surface area (Å²) in [5.41, 5.74) is 11.8. The second-order valence-corrected chi connectivity index (χ2v) is 19.3. The molecule has 5 heterocycles. The number of ether oxygens (including phenoxy) is 1. The van der Waals surface area contributed by atoms with Crippen LogP contribution < -0.4 is 9.30 Å². The Bertz CT molecular complexity index is 3850. The monoisotopic (exact) mass is 1040 g/mol. The molecule has 0 fully saturated rings. The molecule has 0 atom stereocenters. The first kappa shape index (κ1) is 36.4. The normalized spacial score (nSPS) is 15.2. The summed E-state index contributed by atoms with van der Waals surface area (Å²) in [6.07, 6.45) is 5.71. The molecule has 0 radical (unpaired) electrons. The first-order valence-electron chi connectivity index (χ1n) is 24.6. The predicted molar refractivity (Wildman–Crippen MR) is 263 cm³/mol. The van der Waals surface area contributed by atoms with Crippen LogP contribution in [0.2, 0.25) is 0 Å². The van der Waals surface area contributed by atoms with Crippen molar-refractivity contribution in [3.05, 3.63) is 199 Å². The SMILES string of the molecule is [2H]c1c([2H])c([2H])c(-c2cccc3c2-[n+]2[c-]n4c(c2-c2ccccc2-c2ccccc2-3)C(C)(C)C(C)(C)c2ccc(Oc3[c-]c5c(cc3)c3ccccc3n5-c3cc(C(C)(C)C)ccn3)[c-]c2-4)c([2H])c1[2H].[Pt]. The van der Waals surface area contributed by atoms with Gasteiger partial charge in [0, 0.05) is 44.3 Å². The van der Waals surface area contributed by atoms with Gasteiger partial charge in [-0.15, -0.1) is 35.2 Å². The quantitative estimate of drug-likeness (QED) is 0.130. The molecule has 2 aliphatic rings. The molecule has 66 heavy (non-hydrogen) atoms. The Balaban J connectivity index is 0.00000547. The molecule has 5 nitrogen and oxygen atoms in total. The first-order valence-corrected chi connectivity index (χ1v) is 22.1. The van der Waals surface area contributed by atoms with Crippen LogP contribution in [-0.2, 0) is 37.3 Å². The van der Waals surface area contributed by atoms with Gasteiger partial charge in [0.15, 0.2) is 0 Å². The summed E-state index contributed by atoms with van der Waals surface area (Å²) in [4.78, 5) is 4.87. The third kappa shape index (κ3) is 6.16. The van der Waals surface area contributed by atoms with E-state index in [-0.39, 0.29) is 44.1 Å². The maximum absolute atomic E-state index is 9.23. The van der Waals surface area contributed by atoms with E-state index in [0.717, 1.165) is 78.1 Å². The number of benzene rings is 7. The first-order chi connectivity index (χ1) is 33.5. The number of imidazole rings is 1. The summed E-state index contributed by atoms with van der Waals surface area (Å²) >= 11 is 0. The number of aromatic nitrogens is 4. The molecule has 12 rings (SSSR count). The van der Waals surface area contributed by atoms with Gasteiger partial charge in [0.25, 0.3) is 6.33 Å². The van der Waals surface area contributed by atoms with E-state index < -0.39 is 29.0 Å². The zero-order chi connectivity index (χ0) is 48.8. The van der Waals surface area contributed by atoms with Gasteiger partial charge < -0.3 is 13.9 Å². The molecule has 326 valence electrons. The molecule has 0 N–H and O–H groups in total. The topological polar surface area (TPSA) is 35.9 Å². The van der Waals surface area contributed by atoms with Crippen molar-refractivity contribution in [3.63, 3.8) is 0 Å². The van der Waals surface area contributed by atoms with Gasteiger partial charge in [-0.1, -0.05) is 175 Å². The van der Waals surface area contributed by atoms with Gasteiger partial charge in [0.2, 0.25) is 0 Å². The summed E-state index contributed by atoms with van der Waals surface area (Å²) in [6, 6.07) is 48.9. The summed E-state index contributed by atoms with van der Waals surface area (Å²) in [7, 11) is 0. The molecule has 7 aromatic carbocycles. The zero-order valence-corrected chi connectivity index (χ0v) is 40.0. The average molecular weight is 1040 g/mol. The fourth-order valence-electron chi connectivity index (χ4n) is 10.2. The van der Waals surface area contributed by atoms with E-state index >= 15 is 0 Å². The van der Waals surface area contributed by atoms with Crippen molar-refractivity contribution >= 4 is 21.8 Å². The number of fused-ring (bicyclic) bond motifs is 15. The van der Waals surface area contributed by atoms with Crippen LogP contribution in [0.4, 0.5) is 0 Å². The molecule has 0 bridgehead atoms. The van der Waals surface area contributed by atoms with Gasteiger partial charge in [-0.2, -0.15) is 12.1 Å². The molecule has 10 aromatic rings. The molecule has 2 aliphatic heterocycles. The van der Waals surface area contributed by atoms with Gasteiger partial charge in [0.05, 0.1) is 23.9 Å². The molecule has 0 spiro atoms. The number of hydrogen-bond acceptors (Lipinski definition) is 2. The van der Waals surface area contributed by atoms with Crippen LogP contribution in [0.15, 0.2) is 164 Å². The van der Waals surface area contributed by atoms with Crippen molar-refractivity contribution in [3.8, 4) is 73.3 Å². The third-order valence-electron chi connectivity index (χ3n) is 14.2. The van der Waals surface area contributed by atoms with Crippen LogP contribution in [-0.4, -0.2) is 14.1 Å². The molecular weight excluding hydrogens is 988 g/mol. The number of para-hydroxylation sites is 2. The Kier molecular flexibility index (Phi) is 8.34. The van der Waals surface area contributed by atoms with Crippen LogP contribution in [0, 0.1) is 18.5 Å². The molecule has 0 aliphatic carbocycles. The Hall–Kier alpha value is -6.81. The van der Waals surface area contributed by atoms with E-state index in [2.05, 4.69) is 159 Å². The van der Waals surface area contributed by atoms with Crippen molar-refractivity contribution in [2.75, 3.05) is 0 Å². The van der Waals surface area contributed by atoms with Crippen LogP contribution in [0.5, 0.6) is 11.5 Å². The summed E-state index contributed by atoms with van der Waals surface area (Å²) in [5.74, 6) is 1.83. The predicted octanol–water partition coefficient (Wildman–Crippen LogP) is 14.3. The van der Waals surface area contributed by atoms with E-state index in [9.17, 15) is 2.74 Å². The molecule has 3 aromatic heterocycles. The minimum absolute atomic E-state index is 0. The van der Waals surface area contributed by atoms with Crippen molar-refractivity contribution < 1.29 is 37.2 Å². The van der Waals surface area contributed by atoms with Gasteiger partial charge in [-0.25, -0.2) is 4.98 Å². The molecule has 0 saturated carbocycles. The van der Waals surface area contributed by atoms with Crippen LogP contribution >= 0.6 is 0 Å². The third-order valence-corrected chi connectivity index (χ3v) is 14.2. The molecule has 0 amide bonds. The van der Waals surface area contributed by atoms with E-state index in [1.807, 2.05) is 54.7 Å². The van der Waals surface area contributed by atoms with Crippen LogP contribution in [0.25, 0.3) is 83.6 Å². The molecule has 6 heteroatoms. The van der Waals surface area contributed by atoms with Gasteiger partial charge >= 0.3 is 0 Å². The fraction of sp³-hybridized carbons (Fsp3) is 0.167. The van der Waals surface area contributed by atoms with Crippen molar-refractivity contribution in [2.24, 2.45) is 0 Å². The van der Waals surface area contributed by atoms with Gasteiger partial charge in [0.1, 0.15) is 5.82 Å². The number of rotatable bonds is 4. The summed E-state index contributed by atoms with van der Waals surface area (Å²) in [5, 5.41) is 2.13. The Morgan fingerprint density at radius 1 is 0.652 bits per heavy atom. The zero-order valence-electron chi connectivity index (χ0n) is 42.7. The summed E-state index contributed by atoms with van der Waals surface area (Å²) in [6.45, 7) is 15.7. The molecule has 0 unspecified atom stereocenters. The molecule has 0 saturated heterocycles. The van der Waals surface area contributed by atoms with E-state index in [4.69, 9.17) is 13.8 Å².